The zero-order chi connectivity index (χ0) is 11.3. The van der Waals surface area contributed by atoms with Crippen molar-refractivity contribution >= 4 is 5.91 Å². The maximum absolute atomic E-state index is 10.7. The Bertz CT molecular complexity index is 214. The molecule has 1 atom stereocenters. The second-order valence-corrected chi connectivity index (χ2v) is 5.39. The third kappa shape index (κ3) is 5.17. The number of amides is 1. The molecule has 1 aliphatic carbocycles. The lowest BCUT2D eigenvalue weighted by Gasteiger charge is -2.35. The summed E-state index contributed by atoms with van der Waals surface area (Å²) in [4.78, 5) is 10.7. The molecule has 3 heteroatoms. The summed E-state index contributed by atoms with van der Waals surface area (Å²) < 4.78 is 0. The molecule has 1 amide bonds. The van der Waals surface area contributed by atoms with Crippen molar-refractivity contribution in [3.8, 4) is 0 Å². The van der Waals surface area contributed by atoms with Gasteiger partial charge in [-0.05, 0) is 24.7 Å². The predicted octanol–water partition coefficient (Wildman–Crippen LogP) is 1.68. The lowest BCUT2D eigenvalue weighted by molar-refractivity contribution is -0.118. The molecule has 1 aliphatic rings. The molecule has 3 nitrogen and oxygen atoms in total. The smallest absolute Gasteiger partial charge is 0.216 e. The Morgan fingerprint density at radius 1 is 1.40 bits per heavy atom. The molecule has 0 aromatic heterocycles. The van der Waals surface area contributed by atoms with Crippen LogP contribution in [0.15, 0.2) is 0 Å². The van der Waals surface area contributed by atoms with Crippen molar-refractivity contribution in [3.63, 3.8) is 0 Å². The highest BCUT2D eigenvalue weighted by molar-refractivity contribution is 5.72. The predicted molar refractivity (Wildman–Crippen MR) is 62.7 cm³/mol. The van der Waals surface area contributed by atoms with Crippen molar-refractivity contribution in [2.45, 2.75) is 52.5 Å². The molecule has 0 aromatic rings. The van der Waals surface area contributed by atoms with Gasteiger partial charge in [-0.15, -0.1) is 0 Å². The van der Waals surface area contributed by atoms with Crippen LogP contribution in [-0.2, 0) is 4.79 Å². The molecule has 1 rings (SSSR count). The average molecular weight is 212 g/mol. The van der Waals surface area contributed by atoms with Crippen molar-refractivity contribution in [1.29, 1.82) is 0 Å². The summed E-state index contributed by atoms with van der Waals surface area (Å²) in [6, 6.07) is 0.641. The van der Waals surface area contributed by atoms with Gasteiger partial charge in [0, 0.05) is 26.1 Å². The van der Waals surface area contributed by atoms with Crippen LogP contribution in [-0.4, -0.2) is 25.0 Å². The maximum Gasteiger partial charge on any atom is 0.216 e. The Hall–Kier alpha value is -0.570. The Morgan fingerprint density at radius 3 is 2.73 bits per heavy atom. The Kier molecular flexibility index (Phi) is 4.58. The third-order valence-electron chi connectivity index (χ3n) is 3.14. The van der Waals surface area contributed by atoms with Crippen LogP contribution in [0, 0.1) is 5.41 Å². The van der Waals surface area contributed by atoms with Gasteiger partial charge in [0.25, 0.3) is 0 Å². The summed E-state index contributed by atoms with van der Waals surface area (Å²) in [6.45, 7) is 7.87. The molecule has 0 saturated heterocycles. The minimum atomic E-state index is 0.0563. The van der Waals surface area contributed by atoms with Crippen molar-refractivity contribution in [1.82, 2.24) is 10.6 Å². The summed E-state index contributed by atoms with van der Waals surface area (Å²) in [5, 5.41) is 6.32. The van der Waals surface area contributed by atoms with E-state index in [4.69, 9.17) is 0 Å². The van der Waals surface area contributed by atoms with E-state index < -0.39 is 0 Å². The first-order valence-corrected chi connectivity index (χ1v) is 5.97. The van der Waals surface area contributed by atoms with Crippen LogP contribution in [0.4, 0.5) is 0 Å². The number of nitrogens with one attached hydrogen (secondary N) is 2. The van der Waals surface area contributed by atoms with Crippen molar-refractivity contribution < 1.29 is 4.79 Å². The maximum atomic E-state index is 10.7. The van der Waals surface area contributed by atoms with E-state index in [2.05, 4.69) is 24.5 Å². The zero-order valence-corrected chi connectivity index (χ0v) is 10.2. The molecule has 0 aliphatic heterocycles. The SMILES string of the molecule is CC(=O)NCCNC1CCCC(C)(C)C1. The van der Waals surface area contributed by atoms with Crippen LogP contribution in [0.1, 0.15) is 46.5 Å². The molecular weight excluding hydrogens is 188 g/mol. The van der Waals surface area contributed by atoms with E-state index in [1.54, 1.807) is 6.92 Å². The van der Waals surface area contributed by atoms with E-state index >= 15 is 0 Å². The molecule has 1 unspecified atom stereocenters. The largest absolute Gasteiger partial charge is 0.355 e. The molecule has 0 aromatic carbocycles. The van der Waals surface area contributed by atoms with Gasteiger partial charge in [-0.25, -0.2) is 0 Å². The van der Waals surface area contributed by atoms with Gasteiger partial charge < -0.3 is 10.6 Å². The van der Waals surface area contributed by atoms with Crippen molar-refractivity contribution in [3.05, 3.63) is 0 Å². The second kappa shape index (κ2) is 5.50. The Labute approximate surface area is 93.0 Å². The van der Waals surface area contributed by atoms with Gasteiger partial charge >= 0.3 is 0 Å². The second-order valence-electron chi connectivity index (χ2n) is 5.39. The normalized spacial score (nSPS) is 24.9. The van der Waals surface area contributed by atoms with Crippen LogP contribution in [0.5, 0.6) is 0 Å². The minimum Gasteiger partial charge on any atom is -0.355 e. The molecule has 0 radical (unpaired) electrons. The summed E-state index contributed by atoms with van der Waals surface area (Å²) in [7, 11) is 0. The molecule has 1 fully saturated rings. The van der Waals surface area contributed by atoms with Gasteiger partial charge in [0.05, 0.1) is 0 Å². The Morgan fingerprint density at radius 2 is 2.13 bits per heavy atom. The fourth-order valence-corrected chi connectivity index (χ4v) is 2.39. The van der Waals surface area contributed by atoms with E-state index in [0.717, 1.165) is 13.1 Å². The average Bonchev–Trinajstić information content (AvgIpc) is 2.10. The van der Waals surface area contributed by atoms with E-state index in [1.165, 1.54) is 25.7 Å². The van der Waals surface area contributed by atoms with Gasteiger partial charge in [0.2, 0.25) is 5.91 Å². The van der Waals surface area contributed by atoms with Gasteiger partial charge in [0.15, 0.2) is 0 Å². The summed E-state index contributed by atoms with van der Waals surface area (Å²) in [5.41, 5.74) is 0.490. The molecule has 0 bridgehead atoms. The lowest BCUT2D eigenvalue weighted by Crippen LogP contribution is -2.40. The first-order valence-electron chi connectivity index (χ1n) is 5.97. The highest BCUT2D eigenvalue weighted by atomic mass is 16.1. The minimum absolute atomic E-state index is 0.0563. The van der Waals surface area contributed by atoms with Gasteiger partial charge in [-0.1, -0.05) is 20.3 Å². The van der Waals surface area contributed by atoms with Crippen molar-refractivity contribution in [2.24, 2.45) is 5.41 Å². The number of rotatable bonds is 4. The fraction of sp³-hybridized carbons (Fsp3) is 0.917. The molecule has 0 spiro atoms. The number of carbonyl (C=O) groups is 1. The summed E-state index contributed by atoms with van der Waals surface area (Å²) >= 11 is 0. The van der Waals surface area contributed by atoms with E-state index in [9.17, 15) is 4.79 Å². The first kappa shape index (κ1) is 12.5. The number of hydrogen-bond donors (Lipinski definition) is 2. The van der Waals surface area contributed by atoms with Crippen LogP contribution in [0.3, 0.4) is 0 Å². The van der Waals surface area contributed by atoms with Gasteiger partial charge in [0.1, 0.15) is 0 Å². The Balaban J connectivity index is 2.13. The highest BCUT2D eigenvalue weighted by Gasteiger charge is 2.27. The number of hydrogen-bond acceptors (Lipinski definition) is 2. The molecule has 2 N–H and O–H groups in total. The van der Waals surface area contributed by atoms with Gasteiger partial charge in [-0.3, -0.25) is 4.79 Å². The number of carbonyl (C=O) groups excluding carboxylic acids is 1. The molecule has 0 heterocycles. The van der Waals surface area contributed by atoms with E-state index in [0.29, 0.717) is 11.5 Å². The quantitative estimate of drug-likeness (QED) is 0.696. The van der Waals surface area contributed by atoms with Gasteiger partial charge in [-0.2, -0.15) is 0 Å². The third-order valence-corrected chi connectivity index (χ3v) is 3.14. The summed E-state index contributed by atoms with van der Waals surface area (Å²) in [5.74, 6) is 0.0563. The molecule has 15 heavy (non-hydrogen) atoms. The van der Waals surface area contributed by atoms with Crippen molar-refractivity contribution in [2.75, 3.05) is 13.1 Å². The van der Waals surface area contributed by atoms with Crippen LogP contribution in [0.25, 0.3) is 0 Å². The monoisotopic (exact) mass is 212 g/mol. The van der Waals surface area contributed by atoms with Crippen LogP contribution >= 0.6 is 0 Å². The molecular formula is C12H24N2O. The first-order chi connectivity index (χ1) is 6.99. The lowest BCUT2D eigenvalue weighted by atomic mass is 9.75. The van der Waals surface area contributed by atoms with Crippen LogP contribution in [0.2, 0.25) is 0 Å². The molecule has 88 valence electrons. The van der Waals surface area contributed by atoms with E-state index in [1.807, 2.05) is 0 Å². The zero-order valence-electron chi connectivity index (χ0n) is 10.2. The standard InChI is InChI=1S/C12H24N2O/c1-10(15)13-7-8-14-11-5-4-6-12(2,3)9-11/h11,14H,4-9H2,1-3H3,(H,13,15). The van der Waals surface area contributed by atoms with Crippen LogP contribution < -0.4 is 10.6 Å². The molecule has 1 saturated carbocycles. The fourth-order valence-electron chi connectivity index (χ4n) is 2.39. The summed E-state index contributed by atoms with van der Waals surface area (Å²) in [6.07, 6.45) is 5.21. The topological polar surface area (TPSA) is 41.1 Å². The van der Waals surface area contributed by atoms with E-state index in [-0.39, 0.29) is 5.91 Å². The highest BCUT2D eigenvalue weighted by Crippen LogP contribution is 2.34.